The van der Waals surface area contributed by atoms with E-state index < -0.39 is 17.7 Å². The van der Waals surface area contributed by atoms with Crippen LogP contribution in [0.15, 0.2) is 18.2 Å². The minimum atomic E-state index is -0.671. The Morgan fingerprint density at radius 1 is 1.50 bits per heavy atom. The number of rotatable bonds is 4. The van der Waals surface area contributed by atoms with E-state index in [4.69, 9.17) is 5.26 Å². The highest BCUT2D eigenvalue weighted by atomic mass is 19.1. The van der Waals surface area contributed by atoms with Crippen molar-refractivity contribution in [3.05, 3.63) is 35.1 Å². The van der Waals surface area contributed by atoms with E-state index in [9.17, 15) is 14.0 Å². The first kappa shape index (κ1) is 13.8. The fraction of sp³-hybridized carbons (Fsp3) is 0.308. The van der Waals surface area contributed by atoms with Crippen molar-refractivity contribution in [2.45, 2.75) is 13.3 Å². The number of halogens is 1. The van der Waals surface area contributed by atoms with Gasteiger partial charge in [0.1, 0.15) is 11.9 Å². The van der Waals surface area contributed by atoms with Crippen LogP contribution in [-0.4, -0.2) is 18.9 Å². The molecule has 0 radical (unpaired) electrons. The van der Waals surface area contributed by atoms with Gasteiger partial charge in [0.25, 0.3) is 0 Å². The van der Waals surface area contributed by atoms with Crippen LogP contribution in [0.5, 0.6) is 0 Å². The Morgan fingerprint density at radius 2 is 2.17 bits per heavy atom. The molecule has 0 aromatic heterocycles. The number of hydrogen-bond acceptors (Lipinski definition) is 4. The minimum absolute atomic E-state index is 0.0385. The zero-order valence-electron chi connectivity index (χ0n) is 10.1. The molecule has 0 saturated heterocycles. The number of esters is 1. The Balaban J connectivity index is 2.86. The normalized spacial score (nSPS) is 11.4. The summed E-state index contributed by atoms with van der Waals surface area (Å²) in [5.74, 6) is -2.05. The molecule has 0 bridgehead atoms. The first-order valence-electron chi connectivity index (χ1n) is 5.30. The summed E-state index contributed by atoms with van der Waals surface area (Å²) < 4.78 is 17.6. The van der Waals surface area contributed by atoms with Crippen LogP contribution in [0, 0.1) is 23.1 Å². The number of nitriles is 1. The van der Waals surface area contributed by atoms with Gasteiger partial charge in [0.15, 0.2) is 5.78 Å². The van der Waals surface area contributed by atoms with Crippen LogP contribution in [0.2, 0.25) is 0 Å². The molecule has 0 aliphatic heterocycles. The SMILES string of the molecule is COC(=O)C(C)CC(=O)c1ccc(F)c(C#N)c1. The Bertz CT molecular complexity index is 519. The maximum absolute atomic E-state index is 13.1. The zero-order chi connectivity index (χ0) is 13.7. The zero-order valence-corrected chi connectivity index (χ0v) is 10.1. The lowest BCUT2D eigenvalue weighted by Crippen LogP contribution is -2.17. The summed E-state index contributed by atoms with van der Waals surface area (Å²) in [4.78, 5) is 23.0. The summed E-state index contributed by atoms with van der Waals surface area (Å²) in [6.45, 7) is 1.57. The van der Waals surface area contributed by atoms with Crippen LogP contribution < -0.4 is 0 Å². The third-order valence-corrected chi connectivity index (χ3v) is 2.50. The van der Waals surface area contributed by atoms with Gasteiger partial charge in [-0.1, -0.05) is 6.92 Å². The average Bonchev–Trinajstić information content (AvgIpc) is 2.37. The van der Waals surface area contributed by atoms with Crippen LogP contribution in [0.3, 0.4) is 0 Å². The molecule has 1 rings (SSSR count). The molecule has 0 aliphatic carbocycles. The van der Waals surface area contributed by atoms with E-state index in [-0.39, 0.29) is 23.3 Å². The van der Waals surface area contributed by atoms with Crippen LogP contribution in [0.1, 0.15) is 29.3 Å². The topological polar surface area (TPSA) is 67.2 Å². The van der Waals surface area contributed by atoms with Crippen LogP contribution in [-0.2, 0) is 9.53 Å². The first-order chi connectivity index (χ1) is 8.49. The molecule has 1 aromatic carbocycles. The van der Waals surface area contributed by atoms with E-state index in [0.717, 1.165) is 6.07 Å². The van der Waals surface area contributed by atoms with Gasteiger partial charge in [-0.05, 0) is 18.2 Å². The van der Waals surface area contributed by atoms with Crippen molar-refractivity contribution in [2.24, 2.45) is 5.92 Å². The summed E-state index contributed by atoms with van der Waals surface area (Å²) in [6.07, 6.45) is -0.0385. The van der Waals surface area contributed by atoms with E-state index >= 15 is 0 Å². The number of ether oxygens (including phenoxy) is 1. The number of ketones is 1. The van der Waals surface area contributed by atoms with Gasteiger partial charge in [0, 0.05) is 12.0 Å². The van der Waals surface area contributed by atoms with Gasteiger partial charge in [-0.25, -0.2) is 4.39 Å². The second kappa shape index (κ2) is 5.92. The largest absolute Gasteiger partial charge is 0.469 e. The Hall–Kier alpha value is -2.22. The smallest absolute Gasteiger partial charge is 0.308 e. The highest BCUT2D eigenvalue weighted by molar-refractivity contribution is 5.98. The molecule has 1 unspecified atom stereocenters. The molecule has 0 spiro atoms. The molecule has 0 heterocycles. The summed E-state index contributed by atoms with van der Waals surface area (Å²) in [5, 5.41) is 8.66. The van der Waals surface area contributed by atoms with Crippen LogP contribution in [0.4, 0.5) is 4.39 Å². The third kappa shape index (κ3) is 3.14. The van der Waals surface area contributed by atoms with Gasteiger partial charge in [0.2, 0.25) is 0 Å². The maximum Gasteiger partial charge on any atom is 0.308 e. The standard InChI is InChI=1S/C13H12FNO3/c1-8(13(17)18-2)5-12(16)9-3-4-11(14)10(6-9)7-15/h3-4,6,8H,5H2,1-2H3. The van der Waals surface area contributed by atoms with Crippen LogP contribution in [0.25, 0.3) is 0 Å². The van der Waals surface area contributed by atoms with Crippen molar-refractivity contribution in [1.29, 1.82) is 5.26 Å². The lowest BCUT2D eigenvalue weighted by molar-refractivity contribution is -0.144. The number of carbonyl (C=O) groups excluding carboxylic acids is 2. The molecule has 4 nitrogen and oxygen atoms in total. The summed E-state index contributed by atoms with van der Waals surface area (Å²) in [5.41, 5.74) is 0.0234. The number of Topliss-reactive ketones (excluding diaryl/α,β-unsaturated/α-hetero) is 1. The van der Waals surface area contributed by atoms with Crippen LogP contribution >= 0.6 is 0 Å². The first-order valence-corrected chi connectivity index (χ1v) is 5.30. The van der Waals surface area contributed by atoms with Crippen molar-refractivity contribution in [1.82, 2.24) is 0 Å². The van der Waals surface area contributed by atoms with Gasteiger partial charge < -0.3 is 4.74 Å². The third-order valence-electron chi connectivity index (χ3n) is 2.50. The van der Waals surface area contributed by atoms with Gasteiger partial charge >= 0.3 is 5.97 Å². The molecular formula is C13H12FNO3. The average molecular weight is 249 g/mol. The Morgan fingerprint density at radius 3 is 2.72 bits per heavy atom. The van der Waals surface area contributed by atoms with E-state index in [1.54, 1.807) is 13.0 Å². The summed E-state index contributed by atoms with van der Waals surface area (Å²) in [7, 11) is 1.25. The second-order valence-electron chi connectivity index (χ2n) is 3.86. The quantitative estimate of drug-likeness (QED) is 0.605. The molecule has 0 amide bonds. The van der Waals surface area contributed by atoms with Crippen molar-refractivity contribution in [2.75, 3.05) is 7.11 Å². The van der Waals surface area contributed by atoms with E-state index in [0.29, 0.717) is 0 Å². The lowest BCUT2D eigenvalue weighted by atomic mass is 9.98. The molecular weight excluding hydrogens is 237 g/mol. The Kier molecular flexibility index (Phi) is 4.55. The molecule has 0 N–H and O–H groups in total. The van der Waals surface area contributed by atoms with Crippen molar-refractivity contribution in [3.63, 3.8) is 0 Å². The fourth-order valence-electron chi connectivity index (χ4n) is 1.46. The van der Waals surface area contributed by atoms with Gasteiger partial charge in [-0.3, -0.25) is 9.59 Å². The molecule has 18 heavy (non-hydrogen) atoms. The van der Waals surface area contributed by atoms with Crippen molar-refractivity contribution < 1.29 is 18.7 Å². The van der Waals surface area contributed by atoms with E-state index in [1.165, 1.54) is 19.2 Å². The Labute approximate surface area is 104 Å². The molecule has 0 saturated carbocycles. The van der Waals surface area contributed by atoms with Gasteiger partial charge in [-0.2, -0.15) is 5.26 Å². The summed E-state index contributed by atoms with van der Waals surface area (Å²) >= 11 is 0. The van der Waals surface area contributed by atoms with Gasteiger partial charge in [-0.15, -0.1) is 0 Å². The molecule has 0 fully saturated rings. The molecule has 5 heteroatoms. The second-order valence-corrected chi connectivity index (χ2v) is 3.86. The number of methoxy groups -OCH3 is 1. The lowest BCUT2D eigenvalue weighted by Gasteiger charge is -2.08. The minimum Gasteiger partial charge on any atom is -0.469 e. The number of benzene rings is 1. The fourth-order valence-corrected chi connectivity index (χ4v) is 1.46. The van der Waals surface area contributed by atoms with E-state index in [1.807, 2.05) is 0 Å². The highest BCUT2D eigenvalue weighted by Crippen LogP contribution is 2.14. The number of nitrogens with zero attached hydrogens (tertiary/aromatic N) is 1. The predicted molar refractivity (Wildman–Crippen MR) is 61.2 cm³/mol. The monoisotopic (exact) mass is 249 g/mol. The molecule has 1 atom stereocenters. The maximum atomic E-state index is 13.1. The van der Waals surface area contributed by atoms with Crippen molar-refractivity contribution in [3.8, 4) is 6.07 Å². The van der Waals surface area contributed by atoms with Gasteiger partial charge in [0.05, 0.1) is 18.6 Å². The number of hydrogen-bond donors (Lipinski definition) is 0. The van der Waals surface area contributed by atoms with Crippen molar-refractivity contribution >= 4 is 11.8 Å². The van der Waals surface area contributed by atoms with E-state index in [2.05, 4.69) is 4.74 Å². The highest BCUT2D eigenvalue weighted by Gasteiger charge is 2.19. The number of carbonyl (C=O) groups is 2. The molecule has 1 aromatic rings. The summed E-state index contributed by atoms with van der Waals surface area (Å²) in [6, 6.07) is 5.20. The molecule has 0 aliphatic rings. The molecule has 94 valence electrons. The predicted octanol–water partition coefficient (Wildman–Crippen LogP) is 2.08.